The van der Waals surface area contributed by atoms with E-state index in [1.807, 2.05) is 0 Å². The molecule has 90 valence electrons. The van der Waals surface area contributed by atoms with Gasteiger partial charge in [-0.25, -0.2) is 0 Å². The molecule has 0 spiro atoms. The Kier molecular flexibility index (Phi) is 3.79. The van der Waals surface area contributed by atoms with Gasteiger partial charge < -0.3 is 0 Å². The average Bonchev–Trinajstić information content (AvgIpc) is 2.14. The zero-order valence-electron chi connectivity index (χ0n) is 11.3. The maximum atomic E-state index is 4.80. The van der Waals surface area contributed by atoms with Crippen LogP contribution in [0.1, 0.15) is 57.9 Å². The molecule has 0 saturated carbocycles. The molecule has 0 heterocycles. The highest BCUT2D eigenvalue weighted by Gasteiger charge is 2.27. The van der Waals surface area contributed by atoms with Crippen LogP contribution in [-0.2, 0) is 5.41 Å². The molecule has 0 N–H and O–H groups in total. The van der Waals surface area contributed by atoms with Crippen molar-refractivity contribution in [3.63, 3.8) is 0 Å². The Morgan fingerprint density at radius 1 is 0.938 bits per heavy atom. The second-order valence-electron chi connectivity index (χ2n) is 6.61. The molecule has 0 saturated heterocycles. The van der Waals surface area contributed by atoms with Crippen LogP contribution < -0.4 is 0 Å². The minimum atomic E-state index is 0.183. The fourth-order valence-corrected chi connectivity index (χ4v) is 2.11. The lowest BCUT2D eigenvalue weighted by molar-refractivity contribution is 0.398. The van der Waals surface area contributed by atoms with Gasteiger partial charge in [0.2, 0.25) is 0 Å². The summed E-state index contributed by atoms with van der Waals surface area (Å²) in [6, 6.07) is 8.67. The van der Waals surface area contributed by atoms with Gasteiger partial charge in [-0.2, -0.15) is 12.6 Å². The molecule has 0 fully saturated rings. The number of rotatable bonds is 1. The van der Waals surface area contributed by atoms with Crippen LogP contribution in [0.15, 0.2) is 24.3 Å². The van der Waals surface area contributed by atoms with Gasteiger partial charge in [0.25, 0.3) is 0 Å². The molecule has 0 radical (unpaired) electrons. The largest absolute Gasteiger partial charge is 0.171 e. The first-order valence-electron chi connectivity index (χ1n) is 5.91. The predicted octanol–water partition coefficient (Wildman–Crippen LogP) is 5.00. The van der Waals surface area contributed by atoms with Crippen LogP contribution >= 0.6 is 12.6 Å². The lowest BCUT2D eigenvalue weighted by Crippen LogP contribution is -2.20. The molecule has 0 aromatic heterocycles. The number of benzene rings is 1. The van der Waals surface area contributed by atoms with E-state index in [4.69, 9.17) is 12.6 Å². The minimum Gasteiger partial charge on any atom is -0.171 e. The smallest absolute Gasteiger partial charge is 0.0318 e. The van der Waals surface area contributed by atoms with E-state index >= 15 is 0 Å². The van der Waals surface area contributed by atoms with Crippen molar-refractivity contribution in [3.05, 3.63) is 35.4 Å². The molecule has 1 rings (SSSR count). The number of hydrogen-bond donors (Lipinski definition) is 1. The van der Waals surface area contributed by atoms with Crippen molar-refractivity contribution in [2.24, 2.45) is 5.41 Å². The summed E-state index contributed by atoms with van der Waals surface area (Å²) in [5.74, 6) is 0. The highest BCUT2D eigenvalue weighted by atomic mass is 32.1. The third-order valence-electron chi connectivity index (χ3n) is 2.88. The summed E-state index contributed by atoms with van der Waals surface area (Å²) in [5.41, 5.74) is 3.14. The fraction of sp³-hybridized carbons (Fsp3) is 0.600. The maximum Gasteiger partial charge on any atom is 0.0318 e. The van der Waals surface area contributed by atoms with E-state index in [1.165, 1.54) is 11.1 Å². The topological polar surface area (TPSA) is 0 Å². The first kappa shape index (κ1) is 13.6. The lowest BCUT2D eigenvalue weighted by Gasteiger charge is -2.32. The zero-order chi connectivity index (χ0) is 12.6. The Morgan fingerprint density at radius 2 is 1.44 bits per heavy atom. The normalized spacial score (nSPS) is 14.9. The van der Waals surface area contributed by atoms with E-state index in [1.54, 1.807) is 0 Å². The van der Waals surface area contributed by atoms with Crippen LogP contribution in [0.3, 0.4) is 0 Å². The predicted molar refractivity (Wildman–Crippen MR) is 76.3 cm³/mol. The van der Waals surface area contributed by atoms with Crippen LogP contribution in [0.4, 0.5) is 0 Å². The SMILES string of the molecule is CC(C)(C)c1ccccc1C(S)C(C)(C)C. The molecule has 0 aliphatic rings. The second kappa shape index (κ2) is 4.44. The molecule has 0 aliphatic carbocycles. The first-order chi connectivity index (χ1) is 7.14. The van der Waals surface area contributed by atoms with E-state index in [0.29, 0.717) is 0 Å². The number of hydrogen-bond acceptors (Lipinski definition) is 1. The summed E-state index contributed by atoms with van der Waals surface area (Å²) in [4.78, 5) is 0. The van der Waals surface area contributed by atoms with E-state index in [-0.39, 0.29) is 16.1 Å². The Balaban J connectivity index is 3.25. The average molecular weight is 236 g/mol. The minimum absolute atomic E-state index is 0.183. The van der Waals surface area contributed by atoms with Gasteiger partial charge in [-0.3, -0.25) is 0 Å². The van der Waals surface area contributed by atoms with Gasteiger partial charge >= 0.3 is 0 Å². The molecule has 0 amide bonds. The highest BCUT2D eigenvalue weighted by Crippen LogP contribution is 2.42. The van der Waals surface area contributed by atoms with Crippen LogP contribution in [-0.4, -0.2) is 0 Å². The van der Waals surface area contributed by atoms with E-state index in [9.17, 15) is 0 Å². The van der Waals surface area contributed by atoms with Crippen LogP contribution in [0, 0.1) is 5.41 Å². The summed E-state index contributed by atoms with van der Waals surface area (Å²) < 4.78 is 0. The Labute approximate surface area is 106 Å². The van der Waals surface area contributed by atoms with E-state index < -0.39 is 0 Å². The van der Waals surface area contributed by atoms with E-state index in [0.717, 1.165) is 0 Å². The van der Waals surface area contributed by atoms with Gasteiger partial charge in [0.05, 0.1) is 0 Å². The molecule has 0 bridgehead atoms. The lowest BCUT2D eigenvalue weighted by atomic mass is 9.78. The maximum absolute atomic E-state index is 4.80. The van der Waals surface area contributed by atoms with Gasteiger partial charge in [0, 0.05) is 5.25 Å². The van der Waals surface area contributed by atoms with Crippen molar-refractivity contribution in [1.29, 1.82) is 0 Å². The van der Waals surface area contributed by atoms with Crippen molar-refractivity contribution in [3.8, 4) is 0 Å². The van der Waals surface area contributed by atoms with Crippen molar-refractivity contribution in [1.82, 2.24) is 0 Å². The van der Waals surface area contributed by atoms with Crippen LogP contribution in [0.2, 0.25) is 0 Å². The first-order valence-corrected chi connectivity index (χ1v) is 6.43. The van der Waals surface area contributed by atoms with E-state index in [2.05, 4.69) is 65.8 Å². The fourth-order valence-electron chi connectivity index (χ4n) is 1.88. The molecule has 16 heavy (non-hydrogen) atoms. The number of thiol groups is 1. The molecule has 1 unspecified atom stereocenters. The third-order valence-corrected chi connectivity index (χ3v) is 3.94. The van der Waals surface area contributed by atoms with Crippen LogP contribution in [0.25, 0.3) is 0 Å². The van der Waals surface area contributed by atoms with Gasteiger partial charge in [0.1, 0.15) is 0 Å². The molecule has 0 nitrogen and oxygen atoms in total. The summed E-state index contributed by atoms with van der Waals surface area (Å²) >= 11 is 4.80. The molecule has 0 aliphatic heterocycles. The van der Waals surface area contributed by atoms with Gasteiger partial charge in [0.15, 0.2) is 0 Å². The second-order valence-corrected chi connectivity index (χ2v) is 7.12. The molecular weight excluding hydrogens is 212 g/mol. The molecule has 1 atom stereocenters. The van der Waals surface area contributed by atoms with Crippen LogP contribution in [0.5, 0.6) is 0 Å². The zero-order valence-corrected chi connectivity index (χ0v) is 12.2. The molecular formula is C15H24S. The third kappa shape index (κ3) is 3.04. The monoisotopic (exact) mass is 236 g/mol. The quantitative estimate of drug-likeness (QED) is 0.652. The van der Waals surface area contributed by atoms with Gasteiger partial charge in [-0.15, -0.1) is 0 Å². The standard InChI is InChI=1S/C15H24S/c1-14(2,3)12-10-8-7-9-11(12)13(16)15(4,5)6/h7-10,13,16H,1-6H3. The molecule has 1 aromatic carbocycles. The summed E-state index contributed by atoms with van der Waals surface area (Å²) in [5, 5.41) is 0.280. The summed E-state index contributed by atoms with van der Waals surface area (Å²) in [6.07, 6.45) is 0. The van der Waals surface area contributed by atoms with Gasteiger partial charge in [-0.1, -0.05) is 65.8 Å². The highest BCUT2D eigenvalue weighted by molar-refractivity contribution is 7.80. The Hall–Kier alpha value is -0.430. The Morgan fingerprint density at radius 3 is 1.88 bits per heavy atom. The summed E-state index contributed by atoms with van der Waals surface area (Å²) in [6.45, 7) is 13.5. The molecule has 1 aromatic rings. The van der Waals surface area contributed by atoms with Gasteiger partial charge in [-0.05, 0) is 22.0 Å². The van der Waals surface area contributed by atoms with Crippen molar-refractivity contribution >= 4 is 12.6 Å². The Bertz CT molecular complexity index is 352. The van der Waals surface area contributed by atoms with Crippen molar-refractivity contribution in [2.45, 2.75) is 52.2 Å². The molecule has 1 heteroatoms. The van der Waals surface area contributed by atoms with Crippen molar-refractivity contribution < 1.29 is 0 Å². The van der Waals surface area contributed by atoms with Crippen molar-refractivity contribution in [2.75, 3.05) is 0 Å². The summed E-state index contributed by atoms with van der Waals surface area (Å²) in [7, 11) is 0.